The lowest BCUT2D eigenvalue weighted by Gasteiger charge is -2.25. The Bertz CT molecular complexity index is 1200. The van der Waals surface area contributed by atoms with E-state index in [-0.39, 0.29) is 23.0 Å². The molecule has 1 heterocycles. The van der Waals surface area contributed by atoms with Crippen LogP contribution in [0, 0.1) is 5.82 Å². The van der Waals surface area contributed by atoms with Crippen LogP contribution in [-0.4, -0.2) is 37.3 Å². The van der Waals surface area contributed by atoms with Gasteiger partial charge < -0.3 is 4.90 Å². The molecule has 0 atom stereocenters. The number of pyridine rings is 1. The lowest BCUT2D eigenvalue weighted by molar-refractivity contribution is 0.0764. The minimum atomic E-state index is -4.09. The molecule has 0 aliphatic rings. The van der Waals surface area contributed by atoms with Crippen molar-refractivity contribution in [3.05, 3.63) is 89.0 Å². The predicted molar refractivity (Wildman–Crippen MR) is 127 cm³/mol. The molecule has 0 spiro atoms. The first kappa shape index (κ1) is 24.7. The minimum absolute atomic E-state index is 0.0251. The van der Waals surface area contributed by atoms with Crippen molar-refractivity contribution in [2.45, 2.75) is 31.7 Å². The second-order valence-corrected chi connectivity index (χ2v) is 9.71. The fourth-order valence-electron chi connectivity index (χ4n) is 3.34. The fraction of sp³-hybridized carbons (Fsp3) is 0.250. The van der Waals surface area contributed by atoms with E-state index in [9.17, 15) is 17.6 Å². The van der Waals surface area contributed by atoms with E-state index in [1.54, 1.807) is 29.2 Å². The van der Waals surface area contributed by atoms with Crippen LogP contribution in [0.3, 0.4) is 0 Å². The molecule has 0 aliphatic carbocycles. The van der Waals surface area contributed by atoms with Crippen LogP contribution < -0.4 is 4.31 Å². The smallest absolute Gasteiger partial charge is 0.264 e. The Morgan fingerprint density at radius 3 is 2.30 bits per heavy atom. The summed E-state index contributed by atoms with van der Waals surface area (Å²) >= 11 is 5.97. The summed E-state index contributed by atoms with van der Waals surface area (Å²) in [5.74, 6) is -0.762. The second kappa shape index (κ2) is 10.8. The molecule has 0 radical (unpaired) electrons. The van der Waals surface area contributed by atoms with E-state index in [2.05, 4.69) is 4.98 Å². The van der Waals surface area contributed by atoms with Gasteiger partial charge >= 0.3 is 0 Å². The lowest BCUT2D eigenvalue weighted by Crippen LogP contribution is -2.33. The zero-order chi connectivity index (χ0) is 24.0. The molecule has 1 amide bonds. The van der Waals surface area contributed by atoms with Crippen molar-refractivity contribution in [1.29, 1.82) is 0 Å². The van der Waals surface area contributed by atoms with Crippen molar-refractivity contribution in [3.8, 4) is 0 Å². The Morgan fingerprint density at radius 2 is 1.70 bits per heavy atom. The van der Waals surface area contributed by atoms with Gasteiger partial charge in [0.1, 0.15) is 5.82 Å². The summed E-state index contributed by atoms with van der Waals surface area (Å²) in [6.45, 7) is 4.95. The number of carbonyl (C=O) groups is 1. The molecule has 0 N–H and O–H groups in total. The third-order valence-electron chi connectivity index (χ3n) is 5.06. The summed E-state index contributed by atoms with van der Waals surface area (Å²) in [7, 11) is -4.09. The van der Waals surface area contributed by atoms with Crippen molar-refractivity contribution in [3.63, 3.8) is 0 Å². The maximum atomic E-state index is 13.5. The molecule has 33 heavy (non-hydrogen) atoms. The molecule has 6 nitrogen and oxygen atoms in total. The van der Waals surface area contributed by atoms with Crippen molar-refractivity contribution in [2.24, 2.45) is 0 Å². The van der Waals surface area contributed by atoms with E-state index in [1.165, 1.54) is 30.6 Å². The molecule has 3 aromatic rings. The first-order valence-corrected chi connectivity index (χ1v) is 12.3. The molecule has 2 aromatic carbocycles. The number of hydrogen-bond donors (Lipinski definition) is 0. The van der Waals surface area contributed by atoms with Crippen LogP contribution >= 0.6 is 11.6 Å². The van der Waals surface area contributed by atoms with E-state index in [4.69, 9.17) is 11.6 Å². The Labute approximate surface area is 198 Å². The first-order valence-electron chi connectivity index (χ1n) is 10.5. The Hall–Kier alpha value is -2.97. The molecule has 1 aromatic heterocycles. The van der Waals surface area contributed by atoms with Gasteiger partial charge in [0, 0.05) is 24.3 Å². The summed E-state index contributed by atoms with van der Waals surface area (Å²) in [6, 6.07) is 12.9. The van der Waals surface area contributed by atoms with Gasteiger partial charge in [0.15, 0.2) is 0 Å². The van der Waals surface area contributed by atoms with Gasteiger partial charge in [-0.15, -0.1) is 0 Å². The molecule has 0 fully saturated rings. The number of nitrogens with zero attached hydrogens (tertiary/aromatic N) is 3. The van der Waals surface area contributed by atoms with E-state index in [0.29, 0.717) is 29.2 Å². The first-order chi connectivity index (χ1) is 15.8. The van der Waals surface area contributed by atoms with Gasteiger partial charge in [0.25, 0.3) is 15.9 Å². The topological polar surface area (TPSA) is 70.6 Å². The van der Waals surface area contributed by atoms with E-state index in [1.807, 2.05) is 13.8 Å². The minimum Gasteiger partial charge on any atom is -0.339 e. The maximum absolute atomic E-state index is 13.5. The highest BCUT2D eigenvalue weighted by Crippen LogP contribution is 2.27. The Kier molecular flexibility index (Phi) is 8.05. The zero-order valence-electron chi connectivity index (χ0n) is 18.4. The van der Waals surface area contributed by atoms with Crippen molar-refractivity contribution >= 4 is 33.2 Å². The number of anilines is 1. The van der Waals surface area contributed by atoms with Crippen molar-refractivity contribution in [2.75, 3.05) is 17.4 Å². The van der Waals surface area contributed by atoms with Crippen molar-refractivity contribution < 1.29 is 17.6 Å². The molecule has 9 heteroatoms. The summed E-state index contributed by atoms with van der Waals surface area (Å²) < 4.78 is 41.7. The summed E-state index contributed by atoms with van der Waals surface area (Å²) in [6.07, 6.45) is 3.62. The van der Waals surface area contributed by atoms with Crippen LogP contribution in [0.25, 0.3) is 0 Å². The number of hydrogen-bond acceptors (Lipinski definition) is 4. The number of rotatable bonds is 9. The van der Waals surface area contributed by atoms with Gasteiger partial charge in [-0.3, -0.25) is 14.1 Å². The number of aromatic nitrogens is 1. The SMILES string of the molecule is CCCN(CC)C(=O)c1cncc(N(Cc2ccc(Cl)cc2)S(=O)(=O)c2ccc(F)cc2)c1. The number of amides is 1. The molecule has 0 unspecified atom stereocenters. The fourth-order valence-corrected chi connectivity index (χ4v) is 4.90. The molecule has 0 aliphatic heterocycles. The number of carbonyl (C=O) groups excluding carboxylic acids is 1. The molecule has 0 saturated heterocycles. The summed E-state index contributed by atoms with van der Waals surface area (Å²) in [4.78, 5) is 18.7. The second-order valence-electron chi connectivity index (χ2n) is 7.41. The molecular weight excluding hydrogens is 465 g/mol. The largest absolute Gasteiger partial charge is 0.339 e. The van der Waals surface area contributed by atoms with E-state index in [0.717, 1.165) is 22.9 Å². The molecular formula is C24H25ClFN3O3S. The molecule has 174 valence electrons. The third-order valence-corrected chi connectivity index (χ3v) is 7.10. The van der Waals surface area contributed by atoms with Crippen LogP contribution in [0.2, 0.25) is 5.02 Å². The highest BCUT2D eigenvalue weighted by Gasteiger charge is 2.27. The molecule has 0 bridgehead atoms. The van der Waals surface area contributed by atoms with Gasteiger partial charge in [-0.2, -0.15) is 0 Å². The molecule has 3 rings (SSSR count). The number of halogens is 2. The van der Waals surface area contributed by atoms with Gasteiger partial charge in [-0.1, -0.05) is 30.7 Å². The summed E-state index contributed by atoms with van der Waals surface area (Å²) in [5, 5.41) is 0.525. The van der Waals surface area contributed by atoms with Crippen LogP contribution in [0.1, 0.15) is 36.2 Å². The highest BCUT2D eigenvalue weighted by molar-refractivity contribution is 7.92. The van der Waals surface area contributed by atoms with Crippen LogP contribution in [0.5, 0.6) is 0 Å². The standard InChI is InChI=1S/C24H25ClFN3O3S/c1-3-13-28(4-2)24(30)19-14-22(16-27-15-19)29(17-18-5-7-20(25)8-6-18)33(31,32)23-11-9-21(26)10-12-23/h5-12,14-16H,3-4,13,17H2,1-2H3. The van der Waals surface area contributed by atoms with E-state index < -0.39 is 15.8 Å². The average molecular weight is 490 g/mol. The third kappa shape index (κ3) is 5.89. The lowest BCUT2D eigenvalue weighted by atomic mass is 10.2. The van der Waals surface area contributed by atoms with Crippen LogP contribution in [-0.2, 0) is 16.6 Å². The average Bonchev–Trinajstić information content (AvgIpc) is 2.82. The van der Waals surface area contributed by atoms with Crippen LogP contribution in [0.15, 0.2) is 71.9 Å². The van der Waals surface area contributed by atoms with Gasteiger partial charge in [-0.25, -0.2) is 12.8 Å². The zero-order valence-corrected chi connectivity index (χ0v) is 20.0. The Morgan fingerprint density at radius 1 is 1.03 bits per heavy atom. The molecule has 0 saturated carbocycles. The number of benzene rings is 2. The van der Waals surface area contributed by atoms with Gasteiger partial charge in [0.05, 0.1) is 28.9 Å². The monoisotopic (exact) mass is 489 g/mol. The van der Waals surface area contributed by atoms with Crippen molar-refractivity contribution in [1.82, 2.24) is 9.88 Å². The van der Waals surface area contributed by atoms with Gasteiger partial charge in [0.2, 0.25) is 0 Å². The van der Waals surface area contributed by atoms with Gasteiger partial charge in [-0.05, 0) is 61.4 Å². The normalized spacial score (nSPS) is 11.3. The van der Waals surface area contributed by atoms with Crippen LogP contribution in [0.4, 0.5) is 10.1 Å². The highest BCUT2D eigenvalue weighted by atomic mass is 35.5. The Balaban J connectivity index is 2.06. The maximum Gasteiger partial charge on any atom is 0.264 e. The quantitative estimate of drug-likeness (QED) is 0.417. The van der Waals surface area contributed by atoms with E-state index >= 15 is 0 Å². The number of sulfonamides is 1. The summed E-state index contributed by atoms with van der Waals surface area (Å²) in [5.41, 5.74) is 1.20. The predicted octanol–water partition coefficient (Wildman–Crippen LogP) is 5.14.